The van der Waals surface area contributed by atoms with E-state index in [9.17, 15) is 0 Å². The van der Waals surface area contributed by atoms with Crippen molar-refractivity contribution in [2.45, 2.75) is 77.3 Å². The minimum Gasteiger partial charge on any atom is -0.306 e. The fourth-order valence-electron chi connectivity index (χ4n) is 8.88. The lowest BCUT2D eigenvalue weighted by Crippen LogP contribution is -2.52. The molecule has 0 aromatic rings. The first-order valence-electron chi connectivity index (χ1n) is 11.4. The van der Waals surface area contributed by atoms with E-state index in [0.717, 1.165) is 35.8 Å². The molecular weight excluding hydrogens is 316 g/mol. The minimum atomic E-state index is 0.519. The fourth-order valence-corrected chi connectivity index (χ4v) is 8.88. The molecule has 0 amide bonds. The molecule has 26 heavy (non-hydrogen) atoms. The van der Waals surface area contributed by atoms with Gasteiger partial charge in [0, 0.05) is 18.6 Å². The Balaban J connectivity index is 1.45. The van der Waals surface area contributed by atoms with Crippen molar-refractivity contribution in [2.75, 3.05) is 27.7 Å². The van der Waals surface area contributed by atoms with Crippen molar-refractivity contribution in [3.05, 3.63) is 11.6 Å². The van der Waals surface area contributed by atoms with Gasteiger partial charge in [0.25, 0.3) is 0 Å². The van der Waals surface area contributed by atoms with Crippen molar-refractivity contribution in [1.29, 1.82) is 0 Å². The van der Waals surface area contributed by atoms with Crippen molar-refractivity contribution in [2.24, 2.45) is 34.5 Å². The predicted octanol–water partition coefficient (Wildman–Crippen LogP) is 4.81. The van der Waals surface area contributed by atoms with Crippen molar-refractivity contribution >= 4 is 0 Å². The van der Waals surface area contributed by atoms with Gasteiger partial charge in [-0.05, 0) is 114 Å². The maximum Gasteiger partial charge on any atom is 0.0127 e. The Bertz CT molecular complexity index is 609. The lowest BCUT2D eigenvalue weighted by molar-refractivity contribution is -0.0430. The molecule has 2 heteroatoms. The highest BCUT2D eigenvalue weighted by molar-refractivity contribution is 5.26. The van der Waals surface area contributed by atoms with Gasteiger partial charge in [0.2, 0.25) is 0 Å². The van der Waals surface area contributed by atoms with E-state index in [-0.39, 0.29) is 0 Å². The maximum absolute atomic E-state index is 2.74. The highest BCUT2D eigenvalue weighted by Crippen LogP contribution is 2.68. The molecule has 1 spiro atoms. The van der Waals surface area contributed by atoms with Gasteiger partial charge in [-0.2, -0.15) is 0 Å². The molecule has 0 aromatic carbocycles. The first-order valence-corrected chi connectivity index (χ1v) is 11.4. The smallest absolute Gasteiger partial charge is 0.0127 e. The zero-order valence-electron chi connectivity index (χ0n) is 17.8. The van der Waals surface area contributed by atoms with Crippen LogP contribution in [0.1, 0.15) is 65.2 Å². The fraction of sp³-hybridized carbons (Fsp3) is 0.917. The normalized spacial score (nSPS) is 53.7. The average molecular weight is 357 g/mol. The lowest BCUT2D eigenvalue weighted by atomic mass is 9.47. The van der Waals surface area contributed by atoms with E-state index in [1.807, 2.05) is 5.57 Å². The molecule has 6 unspecified atom stereocenters. The van der Waals surface area contributed by atoms with Crippen molar-refractivity contribution in [1.82, 2.24) is 9.80 Å². The Hall–Kier alpha value is -0.340. The lowest BCUT2D eigenvalue weighted by Gasteiger charge is -2.58. The topological polar surface area (TPSA) is 6.48 Å². The largest absolute Gasteiger partial charge is 0.306 e. The molecule has 3 saturated carbocycles. The molecule has 4 fully saturated rings. The molecule has 1 heterocycles. The average Bonchev–Trinajstić information content (AvgIpc) is 3.08. The SMILES string of the molecule is CC1C2CCC3C4CC=C5CC(N(C)C)CC[C@@]5(C)C4CC[C@@]32CN1C. The summed E-state index contributed by atoms with van der Waals surface area (Å²) >= 11 is 0. The van der Waals surface area contributed by atoms with Gasteiger partial charge in [0.1, 0.15) is 0 Å². The van der Waals surface area contributed by atoms with Gasteiger partial charge in [-0.25, -0.2) is 0 Å². The van der Waals surface area contributed by atoms with E-state index < -0.39 is 0 Å². The zero-order valence-corrected chi connectivity index (χ0v) is 17.8. The number of rotatable bonds is 1. The summed E-state index contributed by atoms with van der Waals surface area (Å²) in [6.07, 6.45) is 14.4. The molecule has 146 valence electrons. The van der Waals surface area contributed by atoms with Gasteiger partial charge >= 0.3 is 0 Å². The molecule has 0 bridgehead atoms. The predicted molar refractivity (Wildman–Crippen MR) is 109 cm³/mol. The molecule has 1 aliphatic heterocycles. The van der Waals surface area contributed by atoms with Crippen LogP contribution >= 0.6 is 0 Å². The summed E-state index contributed by atoms with van der Waals surface area (Å²) < 4.78 is 0. The van der Waals surface area contributed by atoms with Crippen LogP contribution in [0.3, 0.4) is 0 Å². The molecule has 1 saturated heterocycles. The highest BCUT2D eigenvalue weighted by atomic mass is 15.2. The summed E-state index contributed by atoms with van der Waals surface area (Å²) in [7, 11) is 6.95. The Morgan fingerprint density at radius 3 is 2.58 bits per heavy atom. The van der Waals surface area contributed by atoms with Gasteiger partial charge in [0.05, 0.1) is 0 Å². The maximum atomic E-state index is 2.74. The van der Waals surface area contributed by atoms with E-state index in [1.54, 1.807) is 0 Å². The van der Waals surface area contributed by atoms with Gasteiger partial charge in [0.15, 0.2) is 0 Å². The van der Waals surface area contributed by atoms with Gasteiger partial charge in [-0.15, -0.1) is 0 Å². The molecule has 0 radical (unpaired) electrons. The summed E-state index contributed by atoms with van der Waals surface area (Å²) in [5.74, 6) is 3.96. The standard InChI is InChI=1S/C24H40N2/c1-16-20-8-9-22-19-7-6-17-14-18(25(3)4)10-12-23(17,2)21(19)11-13-24(20,22)15-26(16)5/h6,16,18-22H,7-15H2,1-5H3/t16?,18?,19?,20?,21?,22?,23-,24+/m1/s1. The Morgan fingerprint density at radius 1 is 1.04 bits per heavy atom. The van der Waals surface area contributed by atoms with Crippen LogP contribution < -0.4 is 0 Å². The molecular formula is C24H40N2. The Kier molecular flexibility index (Phi) is 3.98. The van der Waals surface area contributed by atoms with Crippen molar-refractivity contribution in [3.63, 3.8) is 0 Å². The molecule has 0 N–H and O–H groups in total. The van der Waals surface area contributed by atoms with Gasteiger partial charge in [-0.1, -0.05) is 18.6 Å². The molecule has 5 aliphatic rings. The van der Waals surface area contributed by atoms with E-state index in [0.29, 0.717) is 10.8 Å². The number of fused-ring (bicyclic) bond motifs is 4. The monoisotopic (exact) mass is 356 g/mol. The van der Waals surface area contributed by atoms with Crippen LogP contribution in [-0.4, -0.2) is 49.6 Å². The zero-order chi connectivity index (χ0) is 18.3. The second kappa shape index (κ2) is 5.83. The summed E-state index contributed by atoms with van der Waals surface area (Å²) in [6, 6.07) is 1.60. The minimum absolute atomic E-state index is 0.519. The number of nitrogens with zero attached hydrogens (tertiary/aromatic N) is 2. The van der Waals surface area contributed by atoms with Crippen LogP contribution in [0.5, 0.6) is 0 Å². The third kappa shape index (κ3) is 2.18. The Labute approximate surface area is 161 Å². The summed E-state index contributed by atoms with van der Waals surface area (Å²) in [6.45, 7) is 6.56. The quantitative estimate of drug-likeness (QED) is 0.622. The van der Waals surface area contributed by atoms with Crippen LogP contribution in [0.4, 0.5) is 0 Å². The second-order valence-corrected chi connectivity index (χ2v) is 11.2. The molecule has 4 aliphatic carbocycles. The summed E-state index contributed by atoms with van der Waals surface area (Å²) in [5, 5.41) is 0. The highest BCUT2D eigenvalue weighted by Gasteiger charge is 2.63. The number of hydrogen-bond acceptors (Lipinski definition) is 2. The van der Waals surface area contributed by atoms with E-state index in [1.165, 1.54) is 57.9 Å². The van der Waals surface area contributed by atoms with Gasteiger partial charge in [-0.3, -0.25) is 0 Å². The molecule has 0 aromatic heterocycles. The van der Waals surface area contributed by atoms with E-state index >= 15 is 0 Å². The van der Waals surface area contributed by atoms with E-state index in [2.05, 4.69) is 50.9 Å². The number of likely N-dealkylation sites (tertiary alicyclic amines) is 1. The first kappa shape index (κ1) is 17.7. The summed E-state index contributed by atoms with van der Waals surface area (Å²) in [5.41, 5.74) is 3.04. The number of hydrogen-bond donors (Lipinski definition) is 0. The number of allylic oxidation sites excluding steroid dienone is 1. The van der Waals surface area contributed by atoms with Crippen LogP contribution in [0.15, 0.2) is 11.6 Å². The Morgan fingerprint density at radius 2 is 1.81 bits per heavy atom. The molecule has 2 nitrogen and oxygen atoms in total. The third-order valence-corrected chi connectivity index (χ3v) is 10.4. The van der Waals surface area contributed by atoms with Crippen LogP contribution in [0, 0.1) is 34.5 Å². The van der Waals surface area contributed by atoms with E-state index in [4.69, 9.17) is 0 Å². The van der Waals surface area contributed by atoms with Crippen molar-refractivity contribution in [3.8, 4) is 0 Å². The van der Waals surface area contributed by atoms with Crippen molar-refractivity contribution < 1.29 is 0 Å². The third-order valence-electron chi connectivity index (χ3n) is 10.4. The van der Waals surface area contributed by atoms with Gasteiger partial charge < -0.3 is 9.80 Å². The summed E-state index contributed by atoms with van der Waals surface area (Å²) in [4.78, 5) is 5.17. The second-order valence-electron chi connectivity index (χ2n) is 11.2. The molecule has 8 atom stereocenters. The van der Waals surface area contributed by atoms with Crippen LogP contribution in [0.2, 0.25) is 0 Å². The van der Waals surface area contributed by atoms with Crippen LogP contribution in [-0.2, 0) is 0 Å². The first-order chi connectivity index (χ1) is 12.4. The van der Waals surface area contributed by atoms with Crippen LogP contribution in [0.25, 0.3) is 0 Å². The molecule has 5 rings (SSSR count).